The van der Waals surface area contributed by atoms with Gasteiger partial charge < -0.3 is 14.7 Å². The molecule has 6 nitrogen and oxygen atoms in total. The summed E-state index contributed by atoms with van der Waals surface area (Å²) in [5.41, 5.74) is 1.70. The van der Waals surface area contributed by atoms with Crippen molar-refractivity contribution >= 4 is 5.91 Å². The smallest absolute Gasteiger partial charge is 0.260 e. The second-order valence-corrected chi connectivity index (χ2v) is 6.30. The van der Waals surface area contributed by atoms with Gasteiger partial charge in [0.05, 0.1) is 11.8 Å². The largest absolute Gasteiger partial charge is 0.480 e. The van der Waals surface area contributed by atoms with E-state index in [4.69, 9.17) is 4.74 Å². The Labute approximate surface area is 132 Å². The minimum absolute atomic E-state index is 0.00664. The Morgan fingerprint density at radius 2 is 2.09 bits per heavy atom. The molecule has 1 aromatic rings. The number of carbonyl (C=O) groups excluding carboxylic acids is 1. The summed E-state index contributed by atoms with van der Waals surface area (Å²) in [6, 6.07) is 0. The van der Waals surface area contributed by atoms with E-state index in [0.717, 1.165) is 37.1 Å². The van der Waals surface area contributed by atoms with Crippen LogP contribution in [0.1, 0.15) is 37.1 Å². The first-order valence-corrected chi connectivity index (χ1v) is 7.95. The van der Waals surface area contributed by atoms with Gasteiger partial charge >= 0.3 is 0 Å². The van der Waals surface area contributed by atoms with Crippen LogP contribution in [0.15, 0.2) is 0 Å². The first kappa shape index (κ1) is 16.8. The standard InChI is InChI=1S/C16H27N3O3/c1-11-16(12(2)19(4)17-11)22-10-15(21)18(3)9-13-7-5-6-8-14(13)20/h13-14,20H,5-10H2,1-4H3. The molecule has 1 aliphatic rings. The second kappa shape index (κ2) is 7.13. The van der Waals surface area contributed by atoms with Crippen molar-refractivity contribution in [3.63, 3.8) is 0 Å². The van der Waals surface area contributed by atoms with Crippen molar-refractivity contribution in [2.24, 2.45) is 13.0 Å². The first-order chi connectivity index (χ1) is 10.4. The van der Waals surface area contributed by atoms with Gasteiger partial charge in [0.2, 0.25) is 0 Å². The molecule has 2 rings (SSSR count). The van der Waals surface area contributed by atoms with Crippen LogP contribution >= 0.6 is 0 Å². The van der Waals surface area contributed by atoms with Crippen LogP contribution in [0.25, 0.3) is 0 Å². The summed E-state index contributed by atoms with van der Waals surface area (Å²) in [6.07, 6.45) is 3.76. The van der Waals surface area contributed by atoms with Gasteiger partial charge in [-0.15, -0.1) is 0 Å². The van der Waals surface area contributed by atoms with Crippen LogP contribution in [-0.2, 0) is 11.8 Å². The Bertz CT molecular complexity index is 527. The summed E-state index contributed by atoms with van der Waals surface area (Å²) in [7, 11) is 3.63. The Balaban J connectivity index is 1.86. The number of nitrogens with zero attached hydrogens (tertiary/aromatic N) is 3. The number of aryl methyl sites for hydroxylation is 2. The van der Waals surface area contributed by atoms with Crippen LogP contribution in [-0.4, -0.2) is 52.0 Å². The van der Waals surface area contributed by atoms with E-state index in [1.807, 2.05) is 20.9 Å². The van der Waals surface area contributed by atoms with Crippen molar-refractivity contribution in [2.75, 3.05) is 20.2 Å². The molecule has 6 heteroatoms. The number of ether oxygens (including phenoxy) is 1. The minimum atomic E-state index is -0.285. The highest BCUT2D eigenvalue weighted by Crippen LogP contribution is 2.25. The van der Waals surface area contributed by atoms with E-state index < -0.39 is 0 Å². The molecule has 2 unspecified atom stereocenters. The number of hydrogen-bond donors (Lipinski definition) is 1. The van der Waals surface area contributed by atoms with E-state index >= 15 is 0 Å². The quantitative estimate of drug-likeness (QED) is 0.893. The molecule has 1 heterocycles. The maximum Gasteiger partial charge on any atom is 0.260 e. The highest BCUT2D eigenvalue weighted by molar-refractivity contribution is 5.77. The van der Waals surface area contributed by atoms with E-state index in [1.54, 1.807) is 16.6 Å². The lowest BCUT2D eigenvalue weighted by atomic mass is 9.86. The Morgan fingerprint density at radius 1 is 1.41 bits per heavy atom. The van der Waals surface area contributed by atoms with Crippen LogP contribution in [0.3, 0.4) is 0 Å². The summed E-state index contributed by atoms with van der Waals surface area (Å²) in [4.78, 5) is 13.9. The molecule has 0 saturated heterocycles. The molecule has 2 atom stereocenters. The number of aliphatic hydroxyl groups is 1. The van der Waals surface area contributed by atoms with Crippen molar-refractivity contribution in [1.82, 2.24) is 14.7 Å². The number of rotatable bonds is 5. The number of hydrogen-bond acceptors (Lipinski definition) is 4. The van der Waals surface area contributed by atoms with E-state index in [9.17, 15) is 9.90 Å². The van der Waals surface area contributed by atoms with Gasteiger partial charge in [-0.05, 0) is 26.7 Å². The molecular formula is C16H27N3O3. The van der Waals surface area contributed by atoms with E-state index in [1.165, 1.54) is 0 Å². The number of carbonyl (C=O) groups is 1. The molecule has 0 aliphatic heterocycles. The summed E-state index contributed by atoms with van der Waals surface area (Å²) < 4.78 is 7.40. The van der Waals surface area contributed by atoms with E-state index in [-0.39, 0.29) is 24.5 Å². The lowest BCUT2D eigenvalue weighted by Crippen LogP contribution is -2.40. The number of aliphatic hydroxyl groups excluding tert-OH is 1. The summed E-state index contributed by atoms with van der Waals surface area (Å²) in [5.74, 6) is 0.798. The van der Waals surface area contributed by atoms with Gasteiger partial charge in [-0.3, -0.25) is 9.48 Å². The lowest BCUT2D eigenvalue weighted by molar-refractivity contribution is -0.133. The zero-order valence-electron chi connectivity index (χ0n) is 14.0. The highest BCUT2D eigenvalue weighted by atomic mass is 16.5. The molecule has 22 heavy (non-hydrogen) atoms. The van der Waals surface area contributed by atoms with Crippen molar-refractivity contribution in [3.8, 4) is 5.75 Å². The molecular weight excluding hydrogens is 282 g/mol. The van der Waals surface area contributed by atoms with Crippen molar-refractivity contribution in [2.45, 2.75) is 45.6 Å². The van der Waals surface area contributed by atoms with Crippen LogP contribution in [0.4, 0.5) is 0 Å². The first-order valence-electron chi connectivity index (χ1n) is 7.95. The van der Waals surface area contributed by atoms with Gasteiger partial charge in [0.1, 0.15) is 5.69 Å². The van der Waals surface area contributed by atoms with Crippen molar-refractivity contribution in [3.05, 3.63) is 11.4 Å². The lowest BCUT2D eigenvalue weighted by Gasteiger charge is -2.31. The van der Waals surface area contributed by atoms with Gasteiger partial charge in [0.25, 0.3) is 5.91 Å². The average Bonchev–Trinajstić information content (AvgIpc) is 2.72. The molecule has 0 spiro atoms. The number of amides is 1. The minimum Gasteiger partial charge on any atom is -0.480 e. The average molecular weight is 309 g/mol. The normalized spacial score (nSPS) is 21.7. The fraction of sp³-hybridized carbons (Fsp3) is 0.750. The molecule has 0 bridgehead atoms. The monoisotopic (exact) mass is 309 g/mol. The van der Waals surface area contributed by atoms with E-state index in [2.05, 4.69) is 5.10 Å². The predicted molar refractivity (Wildman–Crippen MR) is 83.8 cm³/mol. The van der Waals surface area contributed by atoms with E-state index in [0.29, 0.717) is 12.3 Å². The van der Waals surface area contributed by atoms with Gasteiger partial charge in [-0.2, -0.15) is 5.10 Å². The SMILES string of the molecule is Cc1nn(C)c(C)c1OCC(=O)N(C)CC1CCCCC1O. The van der Waals surface area contributed by atoms with Gasteiger partial charge in [-0.1, -0.05) is 12.8 Å². The third kappa shape index (κ3) is 3.80. The van der Waals surface area contributed by atoms with Crippen LogP contribution in [0.2, 0.25) is 0 Å². The fourth-order valence-electron chi connectivity index (χ4n) is 3.06. The Kier molecular flexibility index (Phi) is 5.45. The molecule has 0 radical (unpaired) electrons. The summed E-state index contributed by atoms with van der Waals surface area (Å²) in [6.45, 7) is 4.39. The highest BCUT2D eigenvalue weighted by Gasteiger charge is 2.26. The fourth-order valence-corrected chi connectivity index (χ4v) is 3.06. The zero-order valence-corrected chi connectivity index (χ0v) is 14.0. The number of aromatic nitrogens is 2. The maximum atomic E-state index is 12.2. The molecule has 124 valence electrons. The summed E-state index contributed by atoms with van der Waals surface area (Å²) in [5, 5.41) is 14.3. The van der Waals surface area contributed by atoms with Gasteiger partial charge in [0, 0.05) is 26.6 Å². The molecule has 1 aromatic heterocycles. The third-order valence-corrected chi connectivity index (χ3v) is 4.59. The van der Waals surface area contributed by atoms with Gasteiger partial charge in [0.15, 0.2) is 12.4 Å². The molecule has 0 aromatic carbocycles. The third-order valence-electron chi connectivity index (χ3n) is 4.59. The molecule has 1 aliphatic carbocycles. The number of likely N-dealkylation sites (N-methyl/N-ethyl adjacent to an activating group) is 1. The topological polar surface area (TPSA) is 67.6 Å². The zero-order chi connectivity index (χ0) is 16.3. The van der Waals surface area contributed by atoms with Crippen LogP contribution in [0, 0.1) is 19.8 Å². The van der Waals surface area contributed by atoms with Gasteiger partial charge in [-0.25, -0.2) is 0 Å². The Morgan fingerprint density at radius 3 is 2.68 bits per heavy atom. The molecule has 1 saturated carbocycles. The second-order valence-electron chi connectivity index (χ2n) is 6.30. The Hall–Kier alpha value is -1.56. The predicted octanol–water partition coefficient (Wildman–Crippen LogP) is 1.43. The van der Waals surface area contributed by atoms with Crippen LogP contribution < -0.4 is 4.74 Å². The van der Waals surface area contributed by atoms with Crippen molar-refractivity contribution < 1.29 is 14.6 Å². The van der Waals surface area contributed by atoms with Crippen molar-refractivity contribution in [1.29, 1.82) is 0 Å². The molecule has 1 fully saturated rings. The molecule has 1 amide bonds. The molecule has 1 N–H and O–H groups in total. The van der Waals surface area contributed by atoms with Crippen LogP contribution in [0.5, 0.6) is 5.75 Å². The summed E-state index contributed by atoms with van der Waals surface area (Å²) >= 11 is 0. The maximum absolute atomic E-state index is 12.2.